The van der Waals surface area contributed by atoms with Gasteiger partial charge in [0, 0.05) is 28.4 Å². The summed E-state index contributed by atoms with van der Waals surface area (Å²) >= 11 is 1.68. The Kier molecular flexibility index (Phi) is 10.4. The van der Waals surface area contributed by atoms with Crippen molar-refractivity contribution in [3.8, 4) is 11.5 Å². The van der Waals surface area contributed by atoms with Crippen LogP contribution in [0.4, 0.5) is 13.6 Å². The van der Waals surface area contributed by atoms with Gasteiger partial charge in [-0.3, -0.25) is 0 Å². The zero-order chi connectivity index (χ0) is 28.8. The van der Waals surface area contributed by atoms with Gasteiger partial charge in [-0.25, -0.2) is 13.6 Å². The molecule has 1 aliphatic rings. The Labute approximate surface area is 236 Å². The molecule has 0 unspecified atom stereocenters. The molecule has 5 nitrogen and oxygen atoms in total. The van der Waals surface area contributed by atoms with Crippen molar-refractivity contribution < 1.29 is 23.4 Å². The average molecular weight is 577 g/mol. The van der Waals surface area contributed by atoms with Gasteiger partial charge in [-0.2, -0.15) is 0 Å². The molecule has 0 saturated heterocycles. The number of hydrogen-bond donors (Lipinski definition) is 3. The Morgan fingerprint density at radius 3 is 2.36 bits per heavy atom. The molecule has 0 bridgehead atoms. The molecule has 1 heterocycles. The van der Waals surface area contributed by atoms with Crippen molar-refractivity contribution in [1.82, 2.24) is 10.6 Å². The first-order valence-electron chi connectivity index (χ1n) is 13.6. The van der Waals surface area contributed by atoms with E-state index in [0.717, 1.165) is 43.7 Å². The fraction of sp³-hybridized carbons (Fsp3) is 0.567. The number of nitrogens with one attached hydrogen (secondary N) is 2. The second-order valence-corrected chi connectivity index (χ2v) is 18.2. The summed E-state index contributed by atoms with van der Waals surface area (Å²) in [4.78, 5) is 13.8. The predicted molar refractivity (Wildman–Crippen MR) is 157 cm³/mol. The summed E-state index contributed by atoms with van der Waals surface area (Å²) in [6.07, 6.45) is 3.47. The molecule has 2 atom stereocenters. The van der Waals surface area contributed by atoms with Crippen LogP contribution in [0.1, 0.15) is 68.9 Å². The highest BCUT2D eigenvalue weighted by molar-refractivity contribution is 7.10. The van der Waals surface area contributed by atoms with Crippen LogP contribution in [0.25, 0.3) is 0 Å². The van der Waals surface area contributed by atoms with Crippen molar-refractivity contribution in [2.45, 2.75) is 102 Å². The summed E-state index contributed by atoms with van der Waals surface area (Å²) in [5, 5.41) is 19.7. The first-order valence-corrected chi connectivity index (χ1v) is 18.0. The lowest BCUT2D eigenvalue weighted by Gasteiger charge is -2.39. The largest absolute Gasteiger partial charge is 0.444 e. The van der Waals surface area contributed by atoms with Gasteiger partial charge in [-0.15, -0.1) is 16.9 Å². The first kappa shape index (κ1) is 31.3. The van der Waals surface area contributed by atoms with E-state index in [-0.39, 0.29) is 18.5 Å². The molecule has 1 aromatic carbocycles. The third-order valence-corrected chi connectivity index (χ3v) is 8.56. The second-order valence-electron chi connectivity index (χ2n) is 12.5. The lowest BCUT2D eigenvalue weighted by Crippen LogP contribution is -2.53. The number of ether oxygens (including phenoxy) is 1. The average Bonchev–Trinajstić information content (AvgIpc) is 3.29. The van der Waals surface area contributed by atoms with Gasteiger partial charge in [-0.05, 0) is 63.8 Å². The van der Waals surface area contributed by atoms with Crippen molar-refractivity contribution >= 4 is 25.5 Å². The summed E-state index contributed by atoms with van der Waals surface area (Å²) in [5.41, 5.74) is 3.75. The van der Waals surface area contributed by atoms with Crippen LogP contribution < -0.4 is 10.6 Å². The summed E-state index contributed by atoms with van der Waals surface area (Å²) in [5.74, 6) is 1.93. The molecule has 3 N–H and O–H groups in total. The number of alkyl carbamates (subject to hydrolysis) is 1. The predicted octanol–water partition coefficient (Wildman–Crippen LogP) is 6.50. The minimum atomic E-state index is -1.50. The lowest BCUT2D eigenvalue weighted by atomic mass is 9.80. The van der Waals surface area contributed by atoms with Crippen LogP contribution in [-0.2, 0) is 16.7 Å². The number of hydrogen-bond acceptors (Lipinski definition) is 5. The highest BCUT2D eigenvalue weighted by Crippen LogP contribution is 2.40. The Morgan fingerprint density at radius 1 is 1.13 bits per heavy atom. The molecule has 39 heavy (non-hydrogen) atoms. The summed E-state index contributed by atoms with van der Waals surface area (Å²) in [7, 11) is -1.50. The molecule has 0 spiro atoms. The van der Waals surface area contributed by atoms with E-state index in [1.54, 1.807) is 32.1 Å². The molecule has 9 heteroatoms. The van der Waals surface area contributed by atoms with Crippen LogP contribution in [0, 0.1) is 23.1 Å². The van der Waals surface area contributed by atoms with Crippen LogP contribution in [0.5, 0.6) is 0 Å². The third kappa shape index (κ3) is 10.0. The smallest absolute Gasteiger partial charge is 0.407 e. The normalized spacial score (nSPS) is 17.1. The molecule has 1 fully saturated rings. The number of carbonyl (C=O) groups excluding carboxylic acids is 1. The Bertz CT molecular complexity index is 1170. The van der Waals surface area contributed by atoms with Crippen LogP contribution in [0.15, 0.2) is 29.6 Å². The Morgan fingerprint density at radius 2 is 1.77 bits per heavy atom. The van der Waals surface area contributed by atoms with E-state index in [1.165, 1.54) is 17.0 Å². The van der Waals surface area contributed by atoms with Crippen molar-refractivity contribution in [2.24, 2.45) is 0 Å². The number of aliphatic hydroxyl groups is 1. The van der Waals surface area contributed by atoms with Crippen LogP contribution in [0.3, 0.4) is 0 Å². The number of aliphatic hydroxyl groups excluding tert-OH is 1. The minimum Gasteiger partial charge on any atom is -0.444 e. The first-order chi connectivity index (χ1) is 18.1. The number of thiophene rings is 1. The van der Waals surface area contributed by atoms with Gasteiger partial charge in [0.15, 0.2) is 0 Å². The van der Waals surface area contributed by atoms with E-state index in [4.69, 9.17) is 4.74 Å². The van der Waals surface area contributed by atoms with E-state index in [0.29, 0.717) is 5.56 Å². The molecular weight excluding hydrogens is 534 g/mol. The van der Waals surface area contributed by atoms with Gasteiger partial charge in [0.2, 0.25) is 0 Å². The quantitative estimate of drug-likeness (QED) is 0.248. The monoisotopic (exact) mass is 576 g/mol. The van der Waals surface area contributed by atoms with Crippen LogP contribution in [0.2, 0.25) is 19.6 Å². The minimum absolute atomic E-state index is 0.0409. The number of carbonyl (C=O) groups is 1. The summed E-state index contributed by atoms with van der Waals surface area (Å²) in [6.45, 7) is 12.1. The molecule has 3 rings (SSSR count). The fourth-order valence-corrected chi connectivity index (χ4v) is 6.34. The molecular formula is C30H42F2N2O3SSi. The summed E-state index contributed by atoms with van der Waals surface area (Å²) < 4.78 is 33.2. The van der Waals surface area contributed by atoms with E-state index >= 15 is 0 Å². The van der Waals surface area contributed by atoms with Gasteiger partial charge in [-0.1, -0.05) is 44.8 Å². The molecule has 1 saturated carbocycles. The van der Waals surface area contributed by atoms with E-state index in [9.17, 15) is 18.7 Å². The topological polar surface area (TPSA) is 70.6 Å². The van der Waals surface area contributed by atoms with Crippen molar-refractivity contribution in [3.63, 3.8) is 0 Å². The standard InChI is InChI=1S/C30H42F2N2O3SSi/c1-29(2,3)37-28(36)34-25(16-22-14-23(31)18-24(32)15-22)26(35)19-33-30(11-8-7-9-12-30)27-17-21(20-38-27)10-13-39(4,5)6/h14-15,17-18,20,25-26,33,35H,7-9,11-12,16,19H2,1-6H3,(H,34,36)/t25-,26+/m0/s1. The summed E-state index contributed by atoms with van der Waals surface area (Å²) in [6, 6.07) is 4.56. The zero-order valence-corrected chi connectivity index (χ0v) is 25.7. The Hall–Kier alpha value is -2.25. The van der Waals surface area contributed by atoms with Crippen molar-refractivity contribution in [2.75, 3.05) is 6.54 Å². The Balaban J connectivity index is 1.80. The fourth-order valence-electron chi connectivity index (χ4n) is 4.75. The van der Waals surface area contributed by atoms with E-state index in [2.05, 4.69) is 53.2 Å². The maximum Gasteiger partial charge on any atom is 0.407 e. The maximum atomic E-state index is 13.9. The number of rotatable bonds is 8. The second kappa shape index (κ2) is 12.9. The molecule has 1 aliphatic carbocycles. The van der Waals surface area contributed by atoms with Gasteiger partial charge in [0.05, 0.1) is 17.7 Å². The zero-order valence-electron chi connectivity index (χ0n) is 23.9. The molecule has 2 aromatic rings. The lowest BCUT2D eigenvalue weighted by molar-refractivity contribution is 0.0408. The van der Waals surface area contributed by atoms with Crippen LogP contribution in [-0.4, -0.2) is 43.6 Å². The highest BCUT2D eigenvalue weighted by atomic mass is 32.1. The SMILES string of the molecule is CC(C)(C)OC(=O)N[C@@H](Cc1cc(F)cc(F)c1)[C@H](O)CNC1(c2cc(C#C[Si](C)(C)C)cs2)CCCCC1. The van der Waals surface area contributed by atoms with E-state index < -0.39 is 43.5 Å². The third-order valence-electron chi connectivity index (χ3n) is 6.55. The molecule has 1 amide bonds. The van der Waals surface area contributed by atoms with Crippen molar-refractivity contribution in [3.05, 3.63) is 57.3 Å². The molecule has 1 aromatic heterocycles. The number of benzene rings is 1. The van der Waals surface area contributed by atoms with Gasteiger partial charge < -0.3 is 20.5 Å². The highest BCUT2D eigenvalue weighted by Gasteiger charge is 2.36. The molecule has 0 radical (unpaired) electrons. The maximum absolute atomic E-state index is 13.9. The van der Waals surface area contributed by atoms with Crippen molar-refractivity contribution in [1.29, 1.82) is 0 Å². The van der Waals surface area contributed by atoms with Gasteiger partial charge >= 0.3 is 6.09 Å². The molecule has 0 aliphatic heterocycles. The number of halogens is 2. The number of amides is 1. The van der Waals surface area contributed by atoms with Crippen LogP contribution >= 0.6 is 11.3 Å². The van der Waals surface area contributed by atoms with E-state index in [1.807, 2.05) is 0 Å². The molecule has 214 valence electrons. The van der Waals surface area contributed by atoms with Gasteiger partial charge in [0.25, 0.3) is 0 Å². The van der Waals surface area contributed by atoms with Gasteiger partial charge in [0.1, 0.15) is 25.3 Å².